The minimum atomic E-state index is 0.0465. The maximum atomic E-state index is 9.07. The molecule has 90 valence electrons. The Balaban J connectivity index is 2.66. The minimum Gasteiger partial charge on any atom is -0.395 e. The Labute approximate surface area is 102 Å². The zero-order chi connectivity index (χ0) is 12.0. The molecule has 0 aliphatic rings. The van der Waals surface area contributed by atoms with E-state index in [9.17, 15) is 0 Å². The van der Waals surface area contributed by atoms with Gasteiger partial charge < -0.3 is 10.8 Å². The van der Waals surface area contributed by atoms with Gasteiger partial charge in [0.15, 0.2) is 0 Å². The summed E-state index contributed by atoms with van der Waals surface area (Å²) in [5, 5.41) is 9.68. The van der Waals surface area contributed by atoms with Gasteiger partial charge in [-0.25, -0.2) is 0 Å². The molecule has 0 radical (unpaired) electrons. The van der Waals surface area contributed by atoms with Crippen LogP contribution in [0.4, 0.5) is 0 Å². The van der Waals surface area contributed by atoms with Crippen molar-refractivity contribution in [1.82, 2.24) is 0 Å². The number of hydrogen-bond donors (Lipinski definition) is 2. The second-order valence-electron chi connectivity index (χ2n) is 4.01. The average Bonchev–Trinajstić information content (AvgIpc) is 2.35. The Kier molecular flexibility index (Phi) is 5.88. The van der Waals surface area contributed by atoms with Gasteiger partial charge in [0.05, 0.1) is 6.61 Å². The standard InChI is InChI=1S/C13H21NOS/c1-3-12(16-10(2)9-15)13(14)11-7-5-4-6-8-11/h4-8,10,12-13,15H,3,9,14H2,1-2H3. The summed E-state index contributed by atoms with van der Waals surface area (Å²) in [6.45, 7) is 4.39. The van der Waals surface area contributed by atoms with Crippen LogP contribution in [0, 0.1) is 0 Å². The molecule has 16 heavy (non-hydrogen) atoms. The third-order valence-electron chi connectivity index (χ3n) is 2.65. The van der Waals surface area contributed by atoms with Crippen LogP contribution < -0.4 is 5.73 Å². The second kappa shape index (κ2) is 6.94. The van der Waals surface area contributed by atoms with Crippen LogP contribution in [0.5, 0.6) is 0 Å². The van der Waals surface area contributed by atoms with Gasteiger partial charge in [-0.1, -0.05) is 44.2 Å². The van der Waals surface area contributed by atoms with Crippen LogP contribution in [0.3, 0.4) is 0 Å². The summed E-state index contributed by atoms with van der Waals surface area (Å²) in [5.74, 6) is 0. The second-order valence-corrected chi connectivity index (χ2v) is 5.69. The van der Waals surface area contributed by atoms with Crippen molar-refractivity contribution in [3.05, 3.63) is 35.9 Å². The first-order valence-corrected chi connectivity index (χ1v) is 6.70. The molecule has 1 aromatic rings. The molecule has 0 saturated heterocycles. The van der Waals surface area contributed by atoms with Gasteiger partial charge in [0.25, 0.3) is 0 Å². The lowest BCUT2D eigenvalue weighted by atomic mass is 10.0. The normalized spacial score (nSPS) is 16.8. The SMILES string of the molecule is CCC(SC(C)CO)C(N)c1ccccc1. The Bertz CT molecular complexity index is 291. The molecule has 0 spiro atoms. The molecule has 3 unspecified atom stereocenters. The van der Waals surface area contributed by atoms with Crippen molar-refractivity contribution in [2.45, 2.75) is 36.8 Å². The number of aliphatic hydroxyl groups is 1. The van der Waals surface area contributed by atoms with Crippen LogP contribution in [0.15, 0.2) is 30.3 Å². The van der Waals surface area contributed by atoms with Crippen molar-refractivity contribution >= 4 is 11.8 Å². The highest BCUT2D eigenvalue weighted by Crippen LogP contribution is 2.29. The Hall–Kier alpha value is -0.510. The Morgan fingerprint density at radius 2 is 1.94 bits per heavy atom. The van der Waals surface area contributed by atoms with Gasteiger partial charge in [0, 0.05) is 16.5 Å². The Morgan fingerprint density at radius 1 is 1.31 bits per heavy atom. The molecule has 0 amide bonds. The molecule has 0 saturated carbocycles. The summed E-state index contributed by atoms with van der Waals surface area (Å²) in [4.78, 5) is 0. The molecule has 3 heteroatoms. The molecule has 1 rings (SSSR count). The first-order chi connectivity index (χ1) is 7.69. The van der Waals surface area contributed by atoms with Crippen LogP contribution in [-0.4, -0.2) is 22.2 Å². The molecule has 0 aliphatic carbocycles. The monoisotopic (exact) mass is 239 g/mol. The molecule has 0 aliphatic heterocycles. The summed E-state index contributed by atoms with van der Waals surface area (Å²) in [6.07, 6.45) is 1.02. The maximum absolute atomic E-state index is 9.07. The number of benzene rings is 1. The van der Waals surface area contributed by atoms with E-state index in [4.69, 9.17) is 10.8 Å². The molecule has 0 aromatic heterocycles. The number of hydrogen-bond acceptors (Lipinski definition) is 3. The quantitative estimate of drug-likeness (QED) is 0.802. The van der Waals surface area contributed by atoms with E-state index in [1.54, 1.807) is 11.8 Å². The predicted molar refractivity (Wildman–Crippen MR) is 71.6 cm³/mol. The van der Waals surface area contributed by atoms with E-state index in [1.165, 1.54) is 5.56 Å². The molecule has 1 aromatic carbocycles. The van der Waals surface area contributed by atoms with E-state index < -0.39 is 0 Å². The fourth-order valence-electron chi connectivity index (χ4n) is 1.67. The van der Waals surface area contributed by atoms with Crippen molar-refractivity contribution in [3.8, 4) is 0 Å². The average molecular weight is 239 g/mol. The zero-order valence-corrected chi connectivity index (χ0v) is 10.8. The third-order valence-corrected chi connectivity index (χ3v) is 4.24. The van der Waals surface area contributed by atoms with Crippen molar-refractivity contribution in [1.29, 1.82) is 0 Å². The predicted octanol–water partition coefficient (Wildman–Crippen LogP) is 2.58. The highest BCUT2D eigenvalue weighted by molar-refractivity contribution is 8.00. The van der Waals surface area contributed by atoms with Crippen molar-refractivity contribution in [2.24, 2.45) is 5.73 Å². The fourth-order valence-corrected chi connectivity index (χ4v) is 2.87. The summed E-state index contributed by atoms with van der Waals surface area (Å²) >= 11 is 1.77. The van der Waals surface area contributed by atoms with Crippen LogP contribution in [0.1, 0.15) is 31.9 Å². The van der Waals surface area contributed by atoms with Crippen molar-refractivity contribution in [3.63, 3.8) is 0 Å². The topological polar surface area (TPSA) is 46.2 Å². The van der Waals surface area contributed by atoms with Gasteiger partial charge >= 0.3 is 0 Å². The van der Waals surface area contributed by atoms with Crippen LogP contribution in [0.25, 0.3) is 0 Å². The molecular weight excluding hydrogens is 218 g/mol. The number of thioether (sulfide) groups is 1. The van der Waals surface area contributed by atoms with Crippen molar-refractivity contribution < 1.29 is 5.11 Å². The fraction of sp³-hybridized carbons (Fsp3) is 0.538. The van der Waals surface area contributed by atoms with Gasteiger partial charge in [-0.05, 0) is 12.0 Å². The van der Waals surface area contributed by atoms with E-state index in [0.717, 1.165) is 6.42 Å². The van der Waals surface area contributed by atoms with E-state index in [-0.39, 0.29) is 17.9 Å². The minimum absolute atomic E-state index is 0.0465. The van der Waals surface area contributed by atoms with E-state index >= 15 is 0 Å². The summed E-state index contributed by atoms with van der Waals surface area (Å²) in [6, 6.07) is 10.2. The van der Waals surface area contributed by atoms with Gasteiger partial charge in [0.1, 0.15) is 0 Å². The lowest BCUT2D eigenvalue weighted by Crippen LogP contribution is -2.25. The van der Waals surface area contributed by atoms with Crippen molar-refractivity contribution in [2.75, 3.05) is 6.61 Å². The molecule has 3 atom stereocenters. The molecule has 3 N–H and O–H groups in total. The number of nitrogens with two attached hydrogens (primary N) is 1. The van der Waals surface area contributed by atoms with E-state index in [2.05, 4.69) is 19.1 Å². The molecule has 0 heterocycles. The third kappa shape index (κ3) is 3.81. The van der Waals surface area contributed by atoms with Crippen LogP contribution in [0.2, 0.25) is 0 Å². The van der Waals surface area contributed by atoms with Crippen LogP contribution in [-0.2, 0) is 0 Å². The van der Waals surface area contributed by atoms with Gasteiger partial charge in [-0.15, -0.1) is 0 Å². The number of rotatable bonds is 6. The summed E-state index contributed by atoms with van der Waals surface area (Å²) < 4.78 is 0. The first-order valence-electron chi connectivity index (χ1n) is 5.75. The zero-order valence-electron chi connectivity index (χ0n) is 9.97. The van der Waals surface area contributed by atoms with Crippen LogP contribution >= 0.6 is 11.8 Å². The Morgan fingerprint density at radius 3 is 2.44 bits per heavy atom. The smallest absolute Gasteiger partial charge is 0.0547 e. The first kappa shape index (κ1) is 13.6. The summed E-state index contributed by atoms with van der Waals surface area (Å²) in [7, 11) is 0. The number of aliphatic hydroxyl groups excluding tert-OH is 1. The van der Waals surface area contributed by atoms with Gasteiger partial charge in [-0.2, -0.15) is 11.8 Å². The highest BCUT2D eigenvalue weighted by Gasteiger charge is 2.20. The van der Waals surface area contributed by atoms with E-state index in [1.807, 2.05) is 25.1 Å². The molecule has 2 nitrogen and oxygen atoms in total. The molecular formula is C13H21NOS. The largest absolute Gasteiger partial charge is 0.395 e. The van der Waals surface area contributed by atoms with Gasteiger partial charge in [0.2, 0.25) is 0 Å². The molecule has 0 bridgehead atoms. The maximum Gasteiger partial charge on any atom is 0.0547 e. The highest BCUT2D eigenvalue weighted by atomic mass is 32.2. The van der Waals surface area contributed by atoms with E-state index in [0.29, 0.717) is 5.25 Å². The lowest BCUT2D eigenvalue weighted by molar-refractivity contribution is 0.299. The molecule has 0 fully saturated rings. The lowest BCUT2D eigenvalue weighted by Gasteiger charge is -2.24. The summed E-state index contributed by atoms with van der Waals surface area (Å²) in [5.41, 5.74) is 7.42. The van der Waals surface area contributed by atoms with Gasteiger partial charge in [-0.3, -0.25) is 0 Å².